The van der Waals surface area contributed by atoms with E-state index in [1.165, 1.54) is 53.4 Å². The fourth-order valence-electron chi connectivity index (χ4n) is 3.39. The standard InChI is InChI=1S/C23H13F7N2/c24-20-9-8-15(13-19(20)23(28,29)30)14-4-3-5-16(12-14)32-11-10-31-21(32)17-6-1-2-7-18(17)22(25,26)27/h1-13H. The molecule has 0 aliphatic heterocycles. The lowest BCUT2D eigenvalue weighted by atomic mass is 10.0. The number of halogens is 7. The Kier molecular flexibility index (Phi) is 5.28. The lowest BCUT2D eigenvalue weighted by Crippen LogP contribution is -2.09. The monoisotopic (exact) mass is 450 g/mol. The molecule has 2 nitrogen and oxygen atoms in total. The molecule has 0 unspecified atom stereocenters. The zero-order valence-corrected chi connectivity index (χ0v) is 16.0. The van der Waals surface area contributed by atoms with E-state index in [2.05, 4.69) is 4.98 Å². The molecular formula is C23H13F7N2. The van der Waals surface area contributed by atoms with Crippen LogP contribution in [-0.4, -0.2) is 9.55 Å². The summed E-state index contributed by atoms with van der Waals surface area (Å²) in [7, 11) is 0. The van der Waals surface area contributed by atoms with Crippen LogP contribution in [-0.2, 0) is 12.4 Å². The number of nitrogens with zero attached hydrogens (tertiary/aromatic N) is 2. The highest BCUT2D eigenvalue weighted by Crippen LogP contribution is 2.38. The molecule has 0 aliphatic rings. The van der Waals surface area contributed by atoms with E-state index < -0.39 is 29.3 Å². The number of aromatic nitrogens is 2. The molecule has 0 aliphatic carbocycles. The molecule has 1 heterocycles. The number of hydrogen-bond donors (Lipinski definition) is 0. The molecule has 9 heteroatoms. The highest BCUT2D eigenvalue weighted by Gasteiger charge is 2.35. The van der Waals surface area contributed by atoms with Gasteiger partial charge in [0.2, 0.25) is 0 Å². The van der Waals surface area contributed by atoms with Crippen molar-refractivity contribution >= 4 is 0 Å². The van der Waals surface area contributed by atoms with E-state index in [0.29, 0.717) is 17.3 Å². The second kappa shape index (κ2) is 7.81. The summed E-state index contributed by atoms with van der Waals surface area (Å²) in [5.74, 6) is -1.37. The van der Waals surface area contributed by atoms with Crippen molar-refractivity contribution < 1.29 is 30.7 Å². The number of alkyl halides is 6. The Hall–Kier alpha value is -3.62. The van der Waals surface area contributed by atoms with E-state index in [-0.39, 0.29) is 17.0 Å². The van der Waals surface area contributed by atoms with Gasteiger partial charge < -0.3 is 0 Å². The normalized spacial score (nSPS) is 12.2. The molecule has 0 atom stereocenters. The molecule has 3 aromatic carbocycles. The van der Waals surface area contributed by atoms with E-state index in [1.807, 2.05) is 0 Å². The maximum absolute atomic E-state index is 13.6. The lowest BCUT2D eigenvalue weighted by molar-refractivity contribution is -0.140. The fraction of sp³-hybridized carbons (Fsp3) is 0.0870. The van der Waals surface area contributed by atoms with Crippen LogP contribution in [0.3, 0.4) is 0 Å². The average molecular weight is 450 g/mol. The Balaban J connectivity index is 1.81. The van der Waals surface area contributed by atoms with Gasteiger partial charge in [-0.2, -0.15) is 26.3 Å². The average Bonchev–Trinajstić information content (AvgIpc) is 3.22. The minimum atomic E-state index is -4.86. The van der Waals surface area contributed by atoms with Crippen LogP contribution in [0.5, 0.6) is 0 Å². The molecule has 0 spiro atoms. The van der Waals surface area contributed by atoms with Gasteiger partial charge in [-0.05, 0) is 41.5 Å². The minimum Gasteiger partial charge on any atom is -0.300 e. The largest absolute Gasteiger partial charge is 0.419 e. The first-order valence-electron chi connectivity index (χ1n) is 9.23. The fourth-order valence-corrected chi connectivity index (χ4v) is 3.39. The first kappa shape index (κ1) is 21.6. The van der Waals surface area contributed by atoms with Crippen molar-refractivity contribution in [2.45, 2.75) is 12.4 Å². The molecule has 0 N–H and O–H groups in total. The van der Waals surface area contributed by atoms with Gasteiger partial charge >= 0.3 is 12.4 Å². The van der Waals surface area contributed by atoms with Gasteiger partial charge in [0.15, 0.2) is 0 Å². The summed E-state index contributed by atoms with van der Waals surface area (Å²) in [5, 5.41) is 0. The first-order chi connectivity index (χ1) is 15.1. The zero-order chi connectivity index (χ0) is 23.1. The van der Waals surface area contributed by atoms with Crippen molar-refractivity contribution in [3.05, 3.63) is 96.1 Å². The van der Waals surface area contributed by atoms with Crippen molar-refractivity contribution in [3.8, 4) is 28.2 Å². The summed E-state index contributed by atoms with van der Waals surface area (Å²) in [5.41, 5.74) is -1.59. The summed E-state index contributed by atoms with van der Waals surface area (Å²) in [6.45, 7) is 0. The van der Waals surface area contributed by atoms with Gasteiger partial charge in [0.05, 0.1) is 11.1 Å². The molecule has 0 bridgehead atoms. The zero-order valence-electron chi connectivity index (χ0n) is 16.0. The minimum absolute atomic E-state index is 0.0187. The number of imidazole rings is 1. The van der Waals surface area contributed by atoms with Crippen molar-refractivity contribution in [1.82, 2.24) is 9.55 Å². The van der Waals surface area contributed by atoms with Crippen LogP contribution in [0.4, 0.5) is 30.7 Å². The van der Waals surface area contributed by atoms with Gasteiger partial charge in [-0.3, -0.25) is 4.57 Å². The molecular weight excluding hydrogens is 437 g/mol. The molecule has 0 saturated heterocycles. The van der Waals surface area contributed by atoms with E-state index >= 15 is 0 Å². The number of benzene rings is 3. The molecule has 4 rings (SSSR count). The maximum atomic E-state index is 13.6. The van der Waals surface area contributed by atoms with Gasteiger partial charge in [-0.25, -0.2) is 9.37 Å². The molecule has 0 saturated carbocycles. The highest BCUT2D eigenvalue weighted by atomic mass is 19.4. The topological polar surface area (TPSA) is 17.8 Å². The summed E-state index contributed by atoms with van der Waals surface area (Å²) in [4.78, 5) is 4.06. The Morgan fingerprint density at radius 1 is 0.688 bits per heavy atom. The van der Waals surface area contributed by atoms with Crippen molar-refractivity contribution in [2.75, 3.05) is 0 Å². The Morgan fingerprint density at radius 2 is 1.38 bits per heavy atom. The molecule has 164 valence electrons. The van der Waals surface area contributed by atoms with Crippen LogP contribution < -0.4 is 0 Å². The summed E-state index contributed by atoms with van der Waals surface area (Å²) >= 11 is 0. The number of hydrogen-bond acceptors (Lipinski definition) is 1. The predicted octanol–water partition coefficient (Wildman–Crippen LogP) is 7.38. The van der Waals surface area contributed by atoms with Crippen LogP contribution >= 0.6 is 0 Å². The van der Waals surface area contributed by atoms with Crippen molar-refractivity contribution in [3.63, 3.8) is 0 Å². The van der Waals surface area contributed by atoms with Crippen molar-refractivity contribution in [1.29, 1.82) is 0 Å². The van der Waals surface area contributed by atoms with E-state index in [0.717, 1.165) is 12.1 Å². The van der Waals surface area contributed by atoms with E-state index in [4.69, 9.17) is 0 Å². The highest BCUT2D eigenvalue weighted by molar-refractivity contribution is 5.69. The third kappa shape index (κ3) is 4.10. The second-order valence-electron chi connectivity index (χ2n) is 6.91. The van der Waals surface area contributed by atoms with Crippen LogP contribution in [0.2, 0.25) is 0 Å². The summed E-state index contributed by atoms with van der Waals surface area (Å²) in [6, 6.07) is 13.7. The van der Waals surface area contributed by atoms with Crippen LogP contribution in [0.25, 0.3) is 28.2 Å². The Morgan fingerprint density at radius 3 is 2.09 bits per heavy atom. The van der Waals surface area contributed by atoms with Gasteiger partial charge in [0, 0.05) is 23.6 Å². The summed E-state index contributed by atoms with van der Waals surface area (Å²) in [6.07, 6.45) is -6.68. The molecule has 0 radical (unpaired) electrons. The maximum Gasteiger partial charge on any atom is 0.419 e. The SMILES string of the molecule is Fc1ccc(-c2cccc(-n3ccnc3-c3ccccc3C(F)(F)F)c2)cc1C(F)(F)F. The predicted molar refractivity (Wildman–Crippen MR) is 104 cm³/mol. The van der Waals surface area contributed by atoms with Crippen LogP contribution in [0.1, 0.15) is 11.1 Å². The second-order valence-corrected chi connectivity index (χ2v) is 6.91. The van der Waals surface area contributed by atoms with Gasteiger partial charge in [0.25, 0.3) is 0 Å². The Bertz CT molecular complexity index is 1270. The Labute approximate surface area is 177 Å². The quantitative estimate of drug-likeness (QED) is 0.298. The smallest absolute Gasteiger partial charge is 0.300 e. The van der Waals surface area contributed by atoms with Crippen molar-refractivity contribution in [2.24, 2.45) is 0 Å². The van der Waals surface area contributed by atoms with Crippen LogP contribution in [0, 0.1) is 5.82 Å². The molecule has 0 amide bonds. The first-order valence-corrected chi connectivity index (χ1v) is 9.23. The molecule has 0 fully saturated rings. The summed E-state index contributed by atoms with van der Waals surface area (Å²) < 4.78 is 94.7. The van der Waals surface area contributed by atoms with Crippen LogP contribution in [0.15, 0.2) is 79.1 Å². The van der Waals surface area contributed by atoms with Gasteiger partial charge in [-0.15, -0.1) is 0 Å². The third-order valence-corrected chi connectivity index (χ3v) is 4.84. The van der Waals surface area contributed by atoms with Gasteiger partial charge in [0.1, 0.15) is 11.6 Å². The van der Waals surface area contributed by atoms with E-state index in [1.54, 1.807) is 12.1 Å². The molecule has 32 heavy (non-hydrogen) atoms. The lowest BCUT2D eigenvalue weighted by Gasteiger charge is -2.15. The number of rotatable bonds is 3. The molecule has 4 aromatic rings. The molecule has 1 aromatic heterocycles. The van der Waals surface area contributed by atoms with E-state index in [9.17, 15) is 30.7 Å². The van der Waals surface area contributed by atoms with Gasteiger partial charge in [-0.1, -0.05) is 36.4 Å². The third-order valence-electron chi connectivity index (χ3n) is 4.84.